The number of likely N-dealkylation sites (tertiary alicyclic amines) is 1. The van der Waals surface area contributed by atoms with E-state index in [0.717, 1.165) is 43.1 Å². The molecule has 0 radical (unpaired) electrons. The molecule has 9 heteroatoms. The fraction of sp³-hybridized carbons (Fsp3) is 0.485. The number of hydrogen-bond donors (Lipinski definition) is 0. The van der Waals surface area contributed by atoms with Gasteiger partial charge in [-0.2, -0.15) is 5.10 Å². The largest absolute Gasteiger partial charge is 0.497 e. The average molecular weight is 574 g/mol. The van der Waals surface area contributed by atoms with Crippen molar-refractivity contribution in [2.45, 2.75) is 59.0 Å². The van der Waals surface area contributed by atoms with Gasteiger partial charge in [0, 0.05) is 50.9 Å². The predicted molar refractivity (Wildman–Crippen MR) is 164 cm³/mol. The molecule has 2 aliphatic rings. The van der Waals surface area contributed by atoms with Crippen LogP contribution in [0.2, 0.25) is 0 Å². The van der Waals surface area contributed by atoms with Crippen molar-refractivity contribution in [3.8, 4) is 11.4 Å². The second-order valence-electron chi connectivity index (χ2n) is 12.3. The van der Waals surface area contributed by atoms with Crippen molar-refractivity contribution in [3.63, 3.8) is 0 Å². The molecule has 2 aliphatic heterocycles. The minimum absolute atomic E-state index is 0.0138. The molecule has 0 saturated carbocycles. The molecule has 2 saturated heterocycles. The Morgan fingerprint density at radius 3 is 2.17 bits per heavy atom. The zero-order valence-electron chi connectivity index (χ0n) is 25.7. The molecule has 0 aliphatic carbocycles. The van der Waals surface area contributed by atoms with Crippen molar-refractivity contribution in [1.82, 2.24) is 19.6 Å². The van der Waals surface area contributed by atoms with E-state index in [2.05, 4.69) is 36.9 Å². The van der Waals surface area contributed by atoms with Gasteiger partial charge in [-0.3, -0.25) is 4.79 Å². The van der Waals surface area contributed by atoms with Gasteiger partial charge in [0.05, 0.1) is 30.3 Å². The van der Waals surface area contributed by atoms with Crippen LogP contribution in [0.4, 0.5) is 10.5 Å². The molecule has 9 nitrogen and oxygen atoms in total. The summed E-state index contributed by atoms with van der Waals surface area (Å²) in [5.74, 6) is 0.847. The van der Waals surface area contributed by atoms with Gasteiger partial charge < -0.3 is 24.2 Å². The molecule has 2 aromatic carbocycles. The van der Waals surface area contributed by atoms with E-state index in [1.54, 1.807) is 18.2 Å². The molecule has 0 atom stereocenters. The Labute approximate surface area is 249 Å². The first-order valence-corrected chi connectivity index (χ1v) is 14.9. The van der Waals surface area contributed by atoms with Crippen molar-refractivity contribution in [2.75, 3.05) is 51.3 Å². The lowest BCUT2D eigenvalue weighted by atomic mass is 9.90. The van der Waals surface area contributed by atoms with Gasteiger partial charge in [0.25, 0.3) is 5.91 Å². The maximum absolute atomic E-state index is 14.1. The molecule has 3 aromatic rings. The molecule has 2 amide bonds. The number of hydrogen-bond acceptors (Lipinski definition) is 6. The summed E-state index contributed by atoms with van der Waals surface area (Å²) >= 11 is 0. The van der Waals surface area contributed by atoms with E-state index in [9.17, 15) is 9.59 Å². The smallest absolute Gasteiger partial charge is 0.410 e. The van der Waals surface area contributed by atoms with E-state index < -0.39 is 5.60 Å². The van der Waals surface area contributed by atoms with Crippen LogP contribution in [0.5, 0.6) is 5.75 Å². The molecule has 42 heavy (non-hydrogen) atoms. The molecule has 0 unspecified atom stereocenters. The number of aryl methyl sites for hydroxylation is 1. The average Bonchev–Trinajstić information content (AvgIpc) is 3.43. The van der Waals surface area contributed by atoms with Gasteiger partial charge in [-0.05, 0) is 88.9 Å². The number of piperazine rings is 1. The number of carbonyl (C=O) groups excluding carboxylic acids is 2. The minimum atomic E-state index is -0.539. The Kier molecular flexibility index (Phi) is 8.48. The van der Waals surface area contributed by atoms with Crippen LogP contribution in [0.1, 0.15) is 66.7 Å². The lowest BCUT2D eigenvalue weighted by molar-refractivity contribution is 0.0203. The number of methoxy groups -OCH3 is 1. The summed E-state index contributed by atoms with van der Waals surface area (Å²) in [6, 6.07) is 14.1. The number of carbonyl (C=O) groups is 2. The molecular weight excluding hydrogens is 530 g/mol. The standard InChI is InChI=1S/C33H43N5O4/c1-23-8-7-9-29(24(23)2)35-18-20-36(21-19-35)31(39)28-22-34-38(26-10-12-27(41-6)13-11-26)30(28)25-14-16-37(17-15-25)32(40)42-33(3,4)5/h7-13,22,25H,14-21H2,1-6H3. The highest BCUT2D eigenvalue weighted by Crippen LogP contribution is 2.34. The van der Waals surface area contributed by atoms with Gasteiger partial charge in [0.2, 0.25) is 0 Å². The molecule has 5 rings (SSSR count). The molecule has 1 aromatic heterocycles. The monoisotopic (exact) mass is 573 g/mol. The van der Waals surface area contributed by atoms with Crippen LogP contribution >= 0.6 is 0 Å². The Balaban J connectivity index is 1.37. The van der Waals surface area contributed by atoms with E-state index >= 15 is 0 Å². The lowest BCUT2D eigenvalue weighted by Crippen LogP contribution is -2.49. The van der Waals surface area contributed by atoms with E-state index in [1.807, 2.05) is 54.6 Å². The summed E-state index contributed by atoms with van der Waals surface area (Å²) in [7, 11) is 1.64. The van der Waals surface area contributed by atoms with Gasteiger partial charge in [0.1, 0.15) is 11.4 Å². The molecule has 0 N–H and O–H groups in total. The molecular formula is C33H43N5O4. The summed E-state index contributed by atoms with van der Waals surface area (Å²) in [5, 5.41) is 4.73. The number of rotatable bonds is 5. The van der Waals surface area contributed by atoms with E-state index in [4.69, 9.17) is 14.6 Å². The van der Waals surface area contributed by atoms with E-state index in [-0.39, 0.29) is 17.9 Å². The normalized spacial score (nSPS) is 16.5. The van der Waals surface area contributed by atoms with Crippen molar-refractivity contribution >= 4 is 17.7 Å². The second-order valence-corrected chi connectivity index (χ2v) is 12.3. The summed E-state index contributed by atoms with van der Waals surface area (Å²) in [5.41, 5.74) is 5.69. The first-order valence-electron chi connectivity index (χ1n) is 14.9. The quantitative estimate of drug-likeness (QED) is 0.397. The molecule has 3 heterocycles. The fourth-order valence-corrected chi connectivity index (χ4v) is 5.91. The fourth-order valence-electron chi connectivity index (χ4n) is 5.91. The van der Waals surface area contributed by atoms with Crippen LogP contribution in [-0.4, -0.2) is 83.6 Å². The third-order valence-electron chi connectivity index (χ3n) is 8.37. The van der Waals surface area contributed by atoms with Gasteiger partial charge in [0.15, 0.2) is 0 Å². The van der Waals surface area contributed by atoms with E-state index in [1.165, 1.54) is 16.8 Å². The van der Waals surface area contributed by atoms with Crippen LogP contribution in [0.25, 0.3) is 5.69 Å². The summed E-state index contributed by atoms with van der Waals surface area (Å²) in [6.07, 6.45) is 2.88. The number of aromatic nitrogens is 2. The Morgan fingerprint density at radius 2 is 1.55 bits per heavy atom. The predicted octanol–water partition coefficient (Wildman–Crippen LogP) is 5.57. The first-order chi connectivity index (χ1) is 20.1. The van der Waals surface area contributed by atoms with Crippen LogP contribution in [0, 0.1) is 13.8 Å². The number of piperidine rings is 1. The highest BCUT2D eigenvalue weighted by atomic mass is 16.6. The topological polar surface area (TPSA) is 80.1 Å². The summed E-state index contributed by atoms with van der Waals surface area (Å²) < 4.78 is 12.9. The van der Waals surface area contributed by atoms with Crippen molar-refractivity contribution in [3.05, 3.63) is 71.0 Å². The highest BCUT2D eigenvalue weighted by molar-refractivity contribution is 5.95. The van der Waals surface area contributed by atoms with Crippen LogP contribution in [-0.2, 0) is 4.74 Å². The van der Waals surface area contributed by atoms with Crippen molar-refractivity contribution in [2.24, 2.45) is 0 Å². The maximum Gasteiger partial charge on any atom is 0.410 e. The minimum Gasteiger partial charge on any atom is -0.497 e. The van der Waals surface area contributed by atoms with Crippen LogP contribution in [0.15, 0.2) is 48.7 Å². The van der Waals surface area contributed by atoms with Crippen LogP contribution < -0.4 is 9.64 Å². The second kappa shape index (κ2) is 12.1. The van der Waals surface area contributed by atoms with Gasteiger partial charge in [-0.1, -0.05) is 12.1 Å². The zero-order valence-corrected chi connectivity index (χ0v) is 25.7. The number of anilines is 1. The Morgan fingerprint density at radius 1 is 0.881 bits per heavy atom. The Bertz CT molecular complexity index is 1410. The first kappa shape index (κ1) is 29.5. The van der Waals surface area contributed by atoms with Crippen molar-refractivity contribution in [1.29, 1.82) is 0 Å². The summed E-state index contributed by atoms with van der Waals surface area (Å²) in [6.45, 7) is 13.9. The molecule has 0 bridgehead atoms. The van der Waals surface area contributed by atoms with E-state index in [0.29, 0.717) is 31.7 Å². The maximum atomic E-state index is 14.1. The number of benzene rings is 2. The Hall–Kier alpha value is -4.01. The number of ether oxygens (including phenoxy) is 2. The highest BCUT2D eigenvalue weighted by Gasteiger charge is 2.34. The molecule has 0 spiro atoms. The molecule has 224 valence electrons. The number of amides is 2. The summed E-state index contributed by atoms with van der Waals surface area (Å²) in [4.78, 5) is 32.9. The molecule has 2 fully saturated rings. The third kappa shape index (κ3) is 6.25. The van der Waals surface area contributed by atoms with Gasteiger partial charge >= 0.3 is 6.09 Å². The lowest BCUT2D eigenvalue weighted by Gasteiger charge is -2.37. The van der Waals surface area contributed by atoms with Gasteiger partial charge in [-0.25, -0.2) is 9.48 Å². The third-order valence-corrected chi connectivity index (χ3v) is 8.37. The SMILES string of the molecule is COc1ccc(-n2ncc(C(=O)N3CCN(c4cccc(C)c4C)CC3)c2C2CCN(C(=O)OC(C)(C)C)CC2)cc1. The van der Waals surface area contributed by atoms with Crippen molar-refractivity contribution < 1.29 is 19.1 Å². The number of nitrogens with zero attached hydrogens (tertiary/aromatic N) is 5. The van der Waals surface area contributed by atoms with Crippen LogP contribution in [0.3, 0.4) is 0 Å². The zero-order chi connectivity index (χ0) is 30.0. The van der Waals surface area contributed by atoms with Gasteiger partial charge in [-0.15, -0.1) is 0 Å².